The van der Waals surface area contributed by atoms with Gasteiger partial charge in [-0.1, -0.05) is 45.4 Å². The number of ketones is 1. The van der Waals surface area contributed by atoms with Gasteiger partial charge < -0.3 is 29.4 Å². The van der Waals surface area contributed by atoms with Crippen LogP contribution in [0.2, 0.25) is 0 Å². The number of ether oxygens (including phenoxy) is 4. The van der Waals surface area contributed by atoms with E-state index in [0.717, 1.165) is 43.9 Å². The maximum atomic E-state index is 14.5. The van der Waals surface area contributed by atoms with E-state index in [-0.39, 0.29) is 43.2 Å². The van der Waals surface area contributed by atoms with E-state index in [0.29, 0.717) is 25.7 Å². The number of allylic oxidation sites excluding steroid dienone is 1. The van der Waals surface area contributed by atoms with E-state index in [1.165, 1.54) is 32.1 Å². The second-order valence-corrected chi connectivity index (χ2v) is 18.7. The van der Waals surface area contributed by atoms with Crippen LogP contribution in [0.25, 0.3) is 10.2 Å². The zero-order chi connectivity index (χ0) is 46.5. The number of aliphatic hydroxyl groups is 1. The molecule has 4 heterocycles. The topological polar surface area (TPSA) is 234 Å². The molecule has 64 heavy (non-hydrogen) atoms. The van der Waals surface area contributed by atoms with E-state index in [1.54, 1.807) is 11.3 Å². The number of fused-ring (bicyclic) bond motifs is 2. The smallest absolute Gasteiger partial charge is 0.457 e. The van der Waals surface area contributed by atoms with Gasteiger partial charge >= 0.3 is 12.1 Å². The summed E-state index contributed by atoms with van der Waals surface area (Å²) in [6, 6.07) is 9.62. The molecular formula is C46H54N4O13S. The number of epoxide rings is 1. The first kappa shape index (κ1) is 47.6. The highest BCUT2D eigenvalue weighted by Crippen LogP contribution is 2.47. The number of esters is 1. The summed E-state index contributed by atoms with van der Waals surface area (Å²) in [5, 5.41) is 26.9. The number of hydrogen-bond acceptors (Lipinski definition) is 15. The van der Waals surface area contributed by atoms with Crippen LogP contribution < -0.4 is 5.32 Å². The van der Waals surface area contributed by atoms with Crippen molar-refractivity contribution in [3.8, 4) is 0 Å². The summed E-state index contributed by atoms with van der Waals surface area (Å²) in [5.74, 6) is -4.12. The van der Waals surface area contributed by atoms with Gasteiger partial charge in [-0.2, -0.15) is 0 Å². The van der Waals surface area contributed by atoms with E-state index < -0.39 is 100 Å². The summed E-state index contributed by atoms with van der Waals surface area (Å²) in [5.41, 5.74) is -0.874. The highest BCUT2D eigenvalue weighted by atomic mass is 32.1. The Balaban J connectivity index is 1.14. The Morgan fingerprint density at radius 1 is 1.12 bits per heavy atom. The van der Waals surface area contributed by atoms with Crippen LogP contribution in [-0.2, 0) is 49.5 Å². The Kier molecular flexibility index (Phi) is 14.8. The quantitative estimate of drug-likeness (QED) is 0.0451. The number of amides is 3. The highest BCUT2D eigenvalue weighted by molar-refractivity contribution is 7.18. The Bertz CT molecular complexity index is 2340. The number of cyclic esters (lactones) is 1. The van der Waals surface area contributed by atoms with Gasteiger partial charge in [-0.25, -0.2) is 9.78 Å². The second kappa shape index (κ2) is 19.9. The Labute approximate surface area is 374 Å². The number of aryl methyl sites for hydroxylation is 1. The number of hydrogen-bond donors (Lipinski definition) is 2. The lowest BCUT2D eigenvalue weighted by atomic mass is 9.71. The molecule has 342 valence electrons. The minimum Gasteiger partial charge on any atom is -0.457 e. The van der Waals surface area contributed by atoms with Crippen molar-refractivity contribution in [1.82, 2.24) is 9.88 Å². The van der Waals surface area contributed by atoms with E-state index in [9.17, 15) is 44.0 Å². The van der Waals surface area contributed by atoms with Crippen molar-refractivity contribution >= 4 is 68.6 Å². The molecule has 3 aromatic rings. The maximum Gasteiger partial charge on any atom is 0.508 e. The van der Waals surface area contributed by atoms with Crippen molar-refractivity contribution in [2.75, 3.05) is 11.9 Å². The van der Waals surface area contributed by atoms with Crippen LogP contribution in [0.4, 0.5) is 16.2 Å². The predicted octanol–water partition coefficient (Wildman–Crippen LogP) is 7.37. The van der Waals surface area contributed by atoms with Crippen LogP contribution in [0.3, 0.4) is 0 Å². The number of aliphatic hydroxyl groups excluding tert-OH is 1. The van der Waals surface area contributed by atoms with Crippen LogP contribution in [0.5, 0.6) is 0 Å². The lowest BCUT2D eigenvalue weighted by Gasteiger charge is -2.37. The Morgan fingerprint density at radius 3 is 2.56 bits per heavy atom. The molecule has 2 saturated heterocycles. The number of nitrogens with one attached hydrogen (secondary N) is 1. The number of carbonyl (C=O) groups is 6. The summed E-state index contributed by atoms with van der Waals surface area (Å²) < 4.78 is 24.6. The van der Waals surface area contributed by atoms with Crippen LogP contribution in [0.1, 0.15) is 101 Å². The fourth-order valence-corrected chi connectivity index (χ4v) is 9.16. The van der Waals surface area contributed by atoms with Gasteiger partial charge in [-0.05, 0) is 74.8 Å². The number of thiazole rings is 1. The molecule has 0 bridgehead atoms. The van der Waals surface area contributed by atoms with Crippen molar-refractivity contribution in [3.63, 3.8) is 0 Å². The van der Waals surface area contributed by atoms with E-state index in [2.05, 4.69) is 16.9 Å². The molecule has 7 atom stereocenters. The Hall–Kier alpha value is -5.85. The molecule has 1 aromatic heterocycles. The molecule has 2 fully saturated rings. The van der Waals surface area contributed by atoms with Crippen LogP contribution in [0, 0.1) is 34.3 Å². The molecule has 0 spiro atoms. The molecule has 0 radical (unpaired) electrons. The normalized spacial score (nSPS) is 26.2. The SMILES string of the molecule is C=CC[C@H]1C(=O)C(C)(C)[C@@H](O)CC(=O)O[C@H](c2ccc3sc(C)nc3c2)C[C@@H]2O[C@]2(C)CCC[C@H](C)[C@@H]1OC(=O)OCc1ccc(NC(=O)CCCN2C(=O)C=CC2=O)c([N+](=O)[O-])c1. The molecule has 0 aliphatic carbocycles. The minimum atomic E-state index is -1.51. The molecule has 3 aliphatic rings. The summed E-state index contributed by atoms with van der Waals surface area (Å²) in [6.45, 7) is 12.2. The van der Waals surface area contributed by atoms with Gasteiger partial charge in [0.1, 0.15) is 30.3 Å². The number of anilines is 1. The largest absolute Gasteiger partial charge is 0.508 e. The van der Waals surface area contributed by atoms with Crippen LogP contribution >= 0.6 is 11.3 Å². The number of nitrogens with zero attached hydrogens (tertiary/aromatic N) is 3. The fourth-order valence-electron chi connectivity index (χ4n) is 8.35. The van der Waals surface area contributed by atoms with Gasteiger partial charge in [0.25, 0.3) is 17.5 Å². The van der Waals surface area contributed by atoms with Gasteiger partial charge in [-0.15, -0.1) is 17.9 Å². The van der Waals surface area contributed by atoms with Crippen LogP contribution in [-0.4, -0.2) is 86.0 Å². The van der Waals surface area contributed by atoms with Crippen LogP contribution in [0.15, 0.2) is 61.2 Å². The number of imide groups is 1. The summed E-state index contributed by atoms with van der Waals surface area (Å²) in [7, 11) is 0. The standard InChI is InChI=1S/C46H54N4O13S/c1-7-10-30-42(62-44(57)60-25-28-13-15-31(33(21-28)50(58)59)48-38(52)12-9-20-49-39(53)17-18-40(49)54)26(2)11-8-19-46(6)37(63-46)23-34(29-14-16-35-32(22-29)47-27(3)64-35)61-41(55)24-36(51)45(4,5)43(30)56/h7,13-18,21-22,26,30,34,36-37,42,51H,1,8-12,19-20,23-25H2,2-6H3,(H,48,52)/t26-,30+,34-,36-,37-,42-,46+/m0/s1. The minimum absolute atomic E-state index is 0.00699. The number of Topliss-reactive ketones (excluding diaryl/α,β-unsaturated/α-hetero) is 1. The van der Waals surface area contributed by atoms with Gasteiger partial charge in [0.05, 0.1) is 55.7 Å². The van der Waals surface area contributed by atoms with E-state index in [4.69, 9.17) is 18.9 Å². The molecule has 0 saturated carbocycles. The summed E-state index contributed by atoms with van der Waals surface area (Å²) in [6.07, 6.45) is 0.915. The van der Waals surface area contributed by atoms with Gasteiger partial charge in [0.15, 0.2) is 0 Å². The van der Waals surface area contributed by atoms with Gasteiger partial charge in [0, 0.05) is 37.6 Å². The molecular weight excluding hydrogens is 849 g/mol. The second-order valence-electron chi connectivity index (χ2n) is 17.4. The van der Waals surface area contributed by atoms with Crippen molar-refractivity contribution < 1.29 is 57.7 Å². The zero-order valence-corrected chi connectivity index (χ0v) is 37.4. The van der Waals surface area contributed by atoms with Crippen molar-refractivity contribution in [2.45, 2.75) is 123 Å². The number of nitro benzene ring substituents is 1. The third-order valence-electron chi connectivity index (χ3n) is 12.3. The molecule has 3 aliphatic heterocycles. The summed E-state index contributed by atoms with van der Waals surface area (Å²) in [4.78, 5) is 94.6. The Morgan fingerprint density at radius 2 is 1.86 bits per heavy atom. The lowest BCUT2D eigenvalue weighted by molar-refractivity contribution is -0.384. The van der Waals surface area contributed by atoms with Crippen molar-refractivity contribution in [3.05, 3.63) is 87.5 Å². The highest BCUT2D eigenvalue weighted by Gasteiger charge is 2.53. The third kappa shape index (κ3) is 11.3. The summed E-state index contributed by atoms with van der Waals surface area (Å²) >= 11 is 1.56. The molecule has 6 rings (SSSR count). The van der Waals surface area contributed by atoms with Crippen molar-refractivity contribution in [1.29, 1.82) is 0 Å². The number of nitro groups is 1. The first-order chi connectivity index (χ1) is 30.3. The molecule has 3 amide bonds. The number of rotatable bonds is 12. The lowest BCUT2D eigenvalue weighted by Crippen LogP contribution is -2.47. The van der Waals surface area contributed by atoms with E-state index in [1.807, 2.05) is 39.0 Å². The van der Waals surface area contributed by atoms with Gasteiger partial charge in [0.2, 0.25) is 5.91 Å². The third-order valence-corrected chi connectivity index (χ3v) is 13.3. The maximum absolute atomic E-state index is 14.5. The number of carbonyl (C=O) groups excluding carboxylic acids is 6. The molecule has 0 unspecified atom stereocenters. The first-order valence-corrected chi connectivity index (χ1v) is 22.1. The molecule has 17 nitrogen and oxygen atoms in total. The van der Waals surface area contributed by atoms with Gasteiger partial charge in [-0.3, -0.25) is 39.0 Å². The average molecular weight is 903 g/mol. The monoisotopic (exact) mass is 902 g/mol. The first-order valence-electron chi connectivity index (χ1n) is 21.3. The van der Waals surface area contributed by atoms with E-state index >= 15 is 0 Å². The van der Waals surface area contributed by atoms with Crippen molar-refractivity contribution in [2.24, 2.45) is 17.3 Å². The molecule has 2 N–H and O–H groups in total. The number of aromatic nitrogens is 1. The molecule has 18 heteroatoms. The zero-order valence-electron chi connectivity index (χ0n) is 36.5. The molecule has 2 aromatic carbocycles. The average Bonchev–Trinajstić information content (AvgIpc) is 3.52. The number of benzene rings is 2. The predicted molar refractivity (Wildman–Crippen MR) is 234 cm³/mol. The fraction of sp³-hybridized carbons (Fsp3) is 0.500.